The van der Waals surface area contributed by atoms with Gasteiger partial charge in [0, 0.05) is 19.1 Å². The van der Waals surface area contributed by atoms with E-state index in [1.165, 1.54) is 0 Å². The molecule has 1 saturated heterocycles. The molecule has 2 atom stereocenters. The fourth-order valence-corrected chi connectivity index (χ4v) is 1.66. The van der Waals surface area contributed by atoms with E-state index in [-0.39, 0.29) is 24.5 Å². The lowest BCUT2D eigenvalue weighted by Crippen LogP contribution is -2.49. The molecule has 0 aromatic heterocycles. The highest BCUT2D eigenvalue weighted by atomic mass is 35.5. The second-order valence-corrected chi connectivity index (χ2v) is 5.36. The molecule has 16 heavy (non-hydrogen) atoms. The van der Waals surface area contributed by atoms with E-state index in [0.717, 1.165) is 6.42 Å². The van der Waals surface area contributed by atoms with Crippen molar-refractivity contribution < 1.29 is 9.53 Å². The molecule has 5 heteroatoms. The molecule has 1 aliphatic heterocycles. The number of likely N-dealkylation sites (tertiary alicyclic amines) is 1. The SMILES string of the molecule is C[C@@H]1CN(C(=O)OC(C)(C)C)CC[C@H]1N.Cl. The monoisotopic (exact) mass is 250 g/mol. The average Bonchev–Trinajstić information content (AvgIpc) is 2.06. The lowest BCUT2D eigenvalue weighted by molar-refractivity contribution is 0.0158. The minimum atomic E-state index is -0.417. The second kappa shape index (κ2) is 5.73. The van der Waals surface area contributed by atoms with Gasteiger partial charge in [0.15, 0.2) is 0 Å². The van der Waals surface area contributed by atoms with Crippen LogP contribution in [0.15, 0.2) is 0 Å². The molecule has 1 rings (SSSR count). The minimum Gasteiger partial charge on any atom is -0.444 e. The van der Waals surface area contributed by atoms with Crippen molar-refractivity contribution in [2.24, 2.45) is 11.7 Å². The summed E-state index contributed by atoms with van der Waals surface area (Å²) in [6.45, 7) is 9.12. The number of rotatable bonds is 0. The molecule has 0 aromatic carbocycles. The van der Waals surface area contributed by atoms with E-state index in [9.17, 15) is 4.79 Å². The van der Waals surface area contributed by atoms with Gasteiger partial charge in [-0.2, -0.15) is 0 Å². The van der Waals surface area contributed by atoms with Gasteiger partial charge in [0.05, 0.1) is 0 Å². The summed E-state index contributed by atoms with van der Waals surface area (Å²) in [6.07, 6.45) is 0.640. The van der Waals surface area contributed by atoms with Crippen molar-refractivity contribution in [1.29, 1.82) is 0 Å². The van der Waals surface area contributed by atoms with Gasteiger partial charge in [-0.05, 0) is 33.1 Å². The molecule has 0 bridgehead atoms. The first-order chi connectivity index (χ1) is 6.79. The highest BCUT2D eigenvalue weighted by Crippen LogP contribution is 2.17. The second-order valence-electron chi connectivity index (χ2n) is 5.36. The molecule has 1 amide bonds. The molecule has 0 radical (unpaired) electrons. The van der Waals surface area contributed by atoms with Crippen molar-refractivity contribution in [3.05, 3.63) is 0 Å². The summed E-state index contributed by atoms with van der Waals surface area (Å²) in [7, 11) is 0. The first-order valence-electron chi connectivity index (χ1n) is 5.53. The van der Waals surface area contributed by atoms with Gasteiger partial charge in [0.25, 0.3) is 0 Å². The lowest BCUT2D eigenvalue weighted by atomic mass is 9.95. The highest BCUT2D eigenvalue weighted by molar-refractivity contribution is 5.85. The zero-order valence-electron chi connectivity index (χ0n) is 10.5. The van der Waals surface area contributed by atoms with Crippen molar-refractivity contribution >= 4 is 18.5 Å². The molecule has 0 spiro atoms. The maximum atomic E-state index is 11.7. The Bertz CT molecular complexity index is 241. The number of hydrogen-bond acceptors (Lipinski definition) is 3. The number of nitrogens with two attached hydrogens (primary N) is 1. The summed E-state index contributed by atoms with van der Waals surface area (Å²) in [6, 6.07) is 0.212. The van der Waals surface area contributed by atoms with Gasteiger partial charge >= 0.3 is 6.09 Å². The Morgan fingerprint density at radius 3 is 2.44 bits per heavy atom. The largest absolute Gasteiger partial charge is 0.444 e. The standard InChI is InChI=1S/C11H22N2O2.ClH/c1-8-7-13(6-5-9(8)12)10(14)15-11(2,3)4;/h8-9H,5-7,12H2,1-4H3;1H/t8-,9-;/m1./s1. The Morgan fingerprint density at radius 2 is 2.00 bits per heavy atom. The van der Waals surface area contributed by atoms with Crippen molar-refractivity contribution in [2.75, 3.05) is 13.1 Å². The van der Waals surface area contributed by atoms with Gasteiger partial charge < -0.3 is 15.4 Å². The maximum absolute atomic E-state index is 11.7. The quantitative estimate of drug-likeness (QED) is 0.716. The van der Waals surface area contributed by atoms with Crippen molar-refractivity contribution in [1.82, 2.24) is 4.90 Å². The molecule has 1 heterocycles. The first-order valence-corrected chi connectivity index (χ1v) is 5.53. The van der Waals surface area contributed by atoms with Crippen molar-refractivity contribution in [3.63, 3.8) is 0 Å². The Labute approximate surface area is 104 Å². The Hall–Kier alpha value is -0.480. The van der Waals surface area contributed by atoms with Crippen LogP contribution < -0.4 is 5.73 Å². The number of piperidine rings is 1. The molecule has 0 aromatic rings. The molecular weight excluding hydrogens is 228 g/mol. The average molecular weight is 251 g/mol. The van der Waals surface area contributed by atoms with Gasteiger partial charge in [-0.25, -0.2) is 4.79 Å². The van der Waals surface area contributed by atoms with Crippen LogP contribution in [-0.2, 0) is 4.74 Å². The van der Waals surface area contributed by atoms with Crippen LogP contribution in [0.5, 0.6) is 0 Å². The number of hydrogen-bond donors (Lipinski definition) is 1. The molecule has 96 valence electrons. The van der Waals surface area contributed by atoms with E-state index in [2.05, 4.69) is 6.92 Å². The predicted molar refractivity (Wildman–Crippen MR) is 66.8 cm³/mol. The molecular formula is C11H23ClN2O2. The predicted octanol–water partition coefficient (Wildman–Crippen LogP) is 2.01. The minimum absolute atomic E-state index is 0. The van der Waals surface area contributed by atoms with Gasteiger partial charge in [-0.15, -0.1) is 12.4 Å². The summed E-state index contributed by atoms with van der Waals surface area (Å²) in [5.41, 5.74) is 5.47. The fraction of sp³-hybridized carbons (Fsp3) is 0.909. The van der Waals surface area contributed by atoms with Gasteiger partial charge in [-0.1, -0.05) is 6.92 Å². The van der Waals surface area contributed by atoms with E-state index in [4.69, 9.17) is 10.5 Å². The normalized spacial score (nSPS) is 25.9. The molecule has 0 aliphatic carbocycles. The van der Waals surface area contributed by atoms with Crippen LogP contribution in [0, 0.1) is 5.92 Å². The summed E-state index contributed by atoms with van der Waals surface area (Å²) in [5, 5.41) is 0. The van der Waals surface area contributed by atoms with Crippen LogP contribution in [0.1, 0.15) is 34.1 Å². The maximum Gasteiger partial charge on any atom is 0.410 e. The van der Waals surface area contributed by atoms with Crippen LogP contribution in [0.3, 0.4) is 0 Å². The van der Waals surface area contributed by atoms with E-state index in [0.29, 0.717) is 19.0 Å². The number of carbonyl (C=O) groups excluding carboxylic acids is 1. The van der Waals surface area contributed by atoms with Gasteiger partial charge in [0.2, 0.25) is 0 Å². The molecule has 4 nitrogen and oxygen atoms in total. The zero-order valence-corrected chi connectivity index (χ0v) is 11.3. The van der Waals surface area contributed by atoms with Crippen LogP contribution in [0.4, 0.5) is 4.79 Å². The van der Waals surface area contributed by atoms with E-state index in [1.54, 1.807) is 4.90 Å². The smallest absolute Gasteiger partial charge is 0.410 e. The van der Waals surface area contributed by atoms with Gasteiger partial charge in [0.1, 0.15) is 5.60 Å². The molecule has 0 saturated carbocycles. The highest BCUT2D eigenvalue weighted by Gasteiger charge is 2.29. The molecule has 1 fully saturated rings. The van der Waals surface area contributed by atoms with Crippen LogP contribution in [0.2, 0.25) is 0 Å². The van der Waals surface area contributed by atoms with Crippen LogP contribution in [-0.4, -0.2) is 35.7 Å². The zero-order chi connectivity index (χ0) is 11.6. The van der Waals surface area contributed by atoms with E-state index in [1.807, 2.05) is 20.8 Å². The third-order valence-electron chi connectivity index (χ3n) is 2.62. The number of nitrogens with zero attached hydrogens (tertiary/aromatic N) is 1. The summed E-state index contributed by atoms with van der Waals surface area (Å²) in [5.74, 6) is 0.353. The Morgan fingerprint density at radius 1 is 1.44 bits per heavy atom. The summed E-state index contributed by atoms with van der Waals surface area (Å²) >= 11 is 0. The fourth-order valence-electron chi connectivity index (χ4n) is 1.66. The lowest BCUT2D eigenvalue weighted by Gasteiger charge is -2.35. The number of carbonyl (C=O) groups is 1. The Balaban J connectivity index is 0.00000225. The summed E-state index contributed by atoms with van der Waals surface area (Å²) < 4.78 is 5.31. The molecule has 0 unspecified atom stereocenters. The van der Waals surface area contributed by atoms with Crippen molar-refractivity contribution in [3.8, 4) is 0 Å². The third kappa shape index (κ3) is 4.58. The van der Waals surface area contributed by atoms with Gasteiger partial charge in [-0.3, -0.25) is 0 Å². The van der Waals surface area contributed by atoms with E-state index >= 15 is 0 Å². The number of ether oxygens (including phenoxy) is 1. The molecule has 1 aliphatic rings. The van der Waals surface area contributed by atoms with Crippen LogP contribution in [0.25, 0.3) is 0 Å². The number of amides is 1. The van der Waals surface area contributed by atoms with Crippen molar-refractivity contribution in [2.45, 2.75) is 45.8 Å². The third-order valence-corrected chi connectivity index (χ3v) is 2.62. The molecule has 2 N–H and O–H groups in total. The summed E-state index contributed by atoms with van der Waals surface area (Å²) in [4.78, 5) is 13.5. The van der Waals surface area contributed by atoms with Crippen LogP contribution >= 0.6 is 12.4 Å². The first kappa shape index (κ1) is 15.5. The topological polar surface area (TPSA) is 55.6 Å². The Kier molecular flexibility index (Phi) is 5.56. The number of halogens is 1. The van der Waals surface area contributed by atoms with E-state index < -0.39 is 5.60 Å².